The third-order valence-electron chi connectivity index (χ3n) is 3.94. The minimum Gasteiger partial charge on any atom is -0.497 e. The van der Waals surface area contributed by atoms with Gasteiger partial charge in [-0.15, -0.1) is 0 Å². The summed E-state index contributed by atoms with van der Waals surface area (Å²) in [4.78, 5) is 24.4. The van der Waals surface area contributed by atoms with Crippen LogP contribution in [0, 0.1) is 5.92 Å². The standard InChI is InChI=1S/C19H31N3O3/c1-5-17(21-12-15(20)9-13(2)3)18(23)19(24)22-11-14-7-6-8-16(10-14)25-4/h6-8,10,13,15,17,21H,5,9,11-12,20H2,1-4H3,(H,22,24). The fraction of sp³-hybridized carbons (Fsp3) is 0.579. The number of ether oxygens (including phenoxy) is 1. The number of benzene rings is 1. The van der Waals surface area contributed by atoms with E-state index >= 15 is 0 Å². The average Bonchev–Trinajstić information content (AvgIpc) is 2.59. The van der Waals surface area contributed by atoms with E-state index < -0.39 is 17.7 Å². The van der Waals surface area contributed by atoms with Crippen molar-refractivity contribution in [2.45, 2.75) is 52.2 Å². The second-order valence-electron chi connectivity index (χ2n) is 6.66. The Labute approximate surface area is 150 Å². The van der Waals surface area contributed by atoms with E-state index in [0.717, 1.165) is 12.0 Å². The summed E-state index contributed by atoms with van der Waals surface area (Å²) in [5.41, 5.74) is 6.91. The van der Waals surface area contributed by atoms with Crippen LogP contribution in [0.1, 0.15) is 39.2 Å². The fourth-order valence-electron chi connectivity index (χ4n) is 2.62. The molecule has 1 aromatic carbocycles. The molecule has 0 aromatic heterocycles. The molecule has 6 nitrogen and oxygen atoms in total. The number of rotatable bonds is 11. The van der Waals surface area contributed by atoms with Gasteiger partial charge in [-0.2, -0.15) is 0 Å². The van der Waals surface area contributed by atoms with Crippen molar-refractivity contribution in [3.05, 3.63) is 29.8 Å². The van der Waals surface area contributed by atoms with Crippen LogP contribution in [0.15, 0.2) is 24.3 Å². The predicted molar refractivity (Wildman–Crippen MR) is 99.4 cm³/mol. The lowest BCUT2D eigenvalue weighted by Gasteiger charge is -2.20. The zero-order chi connectivity index (χ0) is 18.8. The second-order valence-corrected chi connectivity index (χ2v) is 6.66. The highest BCUT2D eigenvalue weighted by molar-refractivity contribution is 6.38. The monoisotopic (exact) mass is 349 g/mol. The van der Waals surface area contributed by atoms with Crippen LogP contribution in [0.4, 0.5) is 0 Å². The Kier molecular flexibility index (Phi) is 9.16. The summed E-state index contributed by atoms with van der Waals surface area (Å²) in [6, 6.07) is 6.83. The third kappa shape index (κ3) is 7.67. The summed E-state index contributed by atoms with van der Waals surface area (Å²) in [5.74, 6) is 0.172. The Balaban J connectivity index is 2.50. The van der Waals surface area contributed by atoms with Crippen LogP contribution in [0.25, 0.3) is 0 Å². The second kappa shape index (κ2) is 10.8. The molecule has 0 saturated heterocycles. The van der Waals surface area contributed by atoms with Crippen molar-refractivity contribution in [3.63, 3.8) is 0 Å². The van der Waals surface area contributed by atoms with Crippen LogP contribution in [0.3, 0.4) is 0 Å². The number of nitrogens with one attached hydrogen (secondary N) is 2. The minimum absolute atomic E-state index is 0.0262. The van der Waals surface area contributed by atoms with Crippen LogP contribution in [0.5, 0.6) is 5.75 Å². The summed E-state index contributed by atoms with van der Waals surface area (Å²) in [6.07, 6.45) is 1.42. The van der Waals surface area contributed by atoms with Crippen LogP contribution in [-0.2, 0) is 16.1 Å². The largest absolute Gasteiger partial charge is 0.497 e. The summed E-state index contributed by atoms with van der Waals surface area (Å²) in [5, 5.41) is 5.79. The van der Waals surface area contributed by atoms with Gasteiger partial charge in [-0.05, 0) is 36.5 Å². The quantitative estimate of drug-likeness (QED) is 0.528. The van der Waals surface area contributed by atoms with E-state index in [4.69, 9.17) is 10.5 Å². The molecule has 6 heteroatoms. The highest BCUT2D eigenvalue weighted by atomic mass is 16.5. The van der Waals surface area contributed by atoms with E-state index in [0.29, 0.717) is 24.6 Å². The SMILES string of the molecule is CCC(NCC(N)CC(C)C)C(=O)C(=O)NCc1cccc(OC)c1. The zero-order valence-electron chi connectivity index (χ0n) is 15.7. The average molecular weight is 349 g/mol. The van der Waals surface area contributed by atoms with Gasteiger partial charge in [-0.1, -0.05) is 32.9 Å². The van der Waals surface area contributed by atoms with E-state index in [9.17, 15) is 9.59 Å². The van der Waals surface area contributed by atoms with Gasteiger partial charge >= 0.3 is 0 Å². The predicted octanol–water partition coefficient (Wildman–Crippen LogP) is 1.62. The van der Waals surface area contributed by atoms with E-state index in [1.807, 2.05) is 31.2 Å². The molecule has 2 atom stereocenters. The van der Waals surface area contributed by atoms with Gasteiger partial charge in [0.25, 0.3) is 5.91 Å². The Bertz CT molecular complexity index is 561. The molecule has 0 radical (unpaired) electrons. The van der Waals surface area contributed by atoms with Crippen LogP contribution >= 0.6 is 0 Å². The lowest BCUT2D eigenvalue weighted by atomic mass is 10.0. The number of hydrogen-bond acceptors (Lipinski definition) is 5. The highest BCUT2D eigenvalue weighted by Gasteiger charge is 2.23. The number of Topliss-reactive ketones (excluding diaryl/α,β-unsaturated/α-hetero) is 1. The first-order valence-corrected chi connectivity index (χ1v) is 8.81. The van der Waals surface area contributed by atoms with Crippen molar-refractivity contribution in [3.8, 4) is 5.75 Å². The van der Waals surface area contributed by atoms with E-state index in [-0.39, 0.29) is 12.6 Å². The number of methoxy groups -OCH3 is 1. The van der Waals surface area contributed by atoms with Crippen molar-refractivity contribution >= 4 is 11.7 Å². The summed E-state index contributed by atoms with van der Waals surface area (Å²) >= 11 is 0. The summed E-state index contributed by atoms with van der Waals surface area (Å²) < 4.78 is 5.14. The molecule has 0 aliphatic heterocycles. The van der Waals surface area contributed by atoms with Crippen molar-refractivity contribution in [2.75, 3.05) is 13.7 Å². The highest BCUT2D eigenvalue weighted by Crippen LogP contribution is 2.12. The smallest absolute Gasteiger partial charge is 0.289 e. The maximum atomic E-state index is 12.3. The molecular weight excluding hydrogens is 318 g/mol. The summed E-state index contributed by atoms with van der Waals surface area (Å²) in [7, 11) is 1.59. The lowest BCUT2D eigenvalue weighted by molar-refractivity contribution is -0.139. The molecule has 1 amide bonds. The summed E-state index contributed by atoms with van der Waals surface area (Å²) in [6.45, 7) is 6.89. The molecule has 1 rings (SSSR count). The van der Waals surface area contributed by atoms with Gasteiger partial charge in [-0.3, -0.25) is 9.59 Å². The van der Waals surface area contributed by atoms with Gasteiger partial charge in [0.05, 0.1) is 13.2 Å². The van der Waals surface area contributed by atoms with Crippen molar-refractivity contribution < 1.29 is 14.3 Å². The Hall–Kier alpha value is -1.92. The molecular formula is C19H31N3O3. The Morgan fingerprint density at radius 3 is 2.60 bits per heavy atom. The van der Waals surface area contributed by atoms with Crippen molar-refractivity contribution in [1.29, 1.82) is 0 Å². The van der Waals surface area contributed by atoms with Crippen LogP contribution in [-0.4, -0.2) is 37.4 Å². The van der Waals surface area contributed by atoms with Gasteiger partial charge in [-0.25, -0.2) is 0 Å². The van der Waals surface area contributed by atoms with Gasteiger partial charge in [0.2, 0.25) is 5.78 Å². The van der Waals surface area contributed by atoms with Gasteiger partial charge < -0.3 is 21.1 Å². The Morgan fingerprint density at radius 1 is 1.28 bits per heavy atom. The van der Waals surface area contributed by atoms with E-state index in [1.54, 1.807) is 7.11 Å². The Morgan fingerprint density at radius 2 is 2.00 bits per heavy atom. The zero-order valence-corrected chi connectivity index (χ0v) is 15.7. The molecule has 0 fully saturated rings. The first kappa shape index (κ1) is 21.1. The van der Waals surface area contributed by atoms with Crippen LogP contribution < -0.4 is 21.1 Å². The molecule has 25 heavy (non-hydrogen) atoms. The minimum atomic E-state index is -0.584. The van der Waals surface area contributed by atoms with Crippen molar-refractivity contribution in [1.82, 2.24) is 10.6 Å². The molecule has 1 aromatic rings. The first-order chi connectivity index (χ1) is 11.9. The molecule has 0 saturated carbocycles. The fourth-order valence-corrected chi connectivity index (χ4v) is 2.62. The van der Waals surface area contributed by atoms with Gasteiger partial charge in [0.15, 0.2) is 0 Å². The number of amides is 1. The lowest BCUT2D eigenvalue weighted by Crippen LogP contribution is -2.48. The molecule has 0 heterocycles. The number of carbonyl (C=O) groups is 2. The van der Waals surface area contributed by atoms with Crippen LogP contribution in [0.2, 0.25) is 0 Å². The van der Waals surface area contributed by atoms with E-state index in [2.05, 4.69) is 24.5 Å². The number of carbonyl (C=O) groups excluding carboxylic acids is 2. The van der Waals surface area contributed by atoms with Crippen molar-refractivity contribution in [2.24, 2.45) is 11.7 Å². The molecule has 2 unspecified atom stereocenters. The van der Waals surface area contributed by atoms with Gasteiger partial charge in [0.1, 0.15) is 5.75 Å². The topological polar surface area (TPSA) is 93.5 Å². The first-order valence-electron chi connectivity index (χ1n) is 8.81. The molecule has 0 aliphatic rings. The third-order valence-corrected chi connectivity index (χ3v) is 3.94. The molecule has 0 aliphatic carbocycles. The molecule has 0 spiro atoms. The molecule has 0 bridgehead atoms. The number of ketones is 1. The maximum Gasteiger partial charge on any atom is 0.289 e. The van der Waals surface area contributed by atoms with Gasteiger partial charge in [0, 0.05) is 19.1 Å². The van der Waals surface area contributed by atoms with E-state index in [1.165, 1.54) is 0 Å². The normalized spacial score (nSPS) is 13.4. The maximum absolute atomic E-state index is 12.3. The number of nitrogens with two attached hydrogens (primary N) is 1. The number of hydrogen-bond donors (Lipinski definition) is 3. The molecule has 4 N–H and O–H groups in total. The molecule has 140 valence electrons.